The van der Waals surface area contributed by atoms with Gasteiger partial charge in [-0.2, -0.15) is 5.26 Å². The third kappa shape index (κ3) is 4.48. The molecule has 1 aromatic carbocycles. The molecule has 0 amide bonds. The summed E-state index contributed by atoms with van der Waals surface area (Å²) in [4.78, 5) is 17.0. The number of benzene rings is 1. The van der Waals surface area contributed by atoms with Crippen LogP contribution in [-0.2, 0) is 14.4 Å². The van der Waals surface area contributed by atoms with Gasteiger partial charge in [-0.1, -0.05) is 11.6 Å². The highest BCUT2D eigenvalue weighted by Crippen LogP contribution is 2.18. The lowest BCUT2D eigenvalue weighted by atomic mass is 10.3. The van der Waals surface area contributed by atoms with Crippen LogP contribution < -0.4 is 5.06 Å². The maximum Gasteiger partial charge on any atom is 0.376 e. The van der Waals surface area contributed by atoms with Crippen molar-refractivity contribution in [2.45, 2.75) is 13.8 Å². The summed E-state index contributed by atoms with van der Waals surface area (Å²) in [5.41, 5.74) is 0.471. The van der Waals surface area contributed by atoms with Gasteiger partial charge >= 0.3 is 5.97 Å². The molecule has 0 spiro atoms. The van der Waals surface area contributed by atoms with Crippen molar-refractivity contribution < 1.29 is 14.4 Å². The fraction of sp³-hybridized carbons (Fsp3) is 0.286. The molecule has 20 heavy (non-hydrogen) atoms. The van der Waals surface area contributed by atoms with E-state index in [1.807, 2.05) is 6.92 Å². The molecule has 106 valence electrons. The highest BCUT2D eigenvalue weighted by molar-refractivity contribution is 6.30. The van der Waals surface area contributed by atoms with Gasteiger partial charge in [-0.15, -0.1) is 0 Å². The van der Waals surface area contributed by atoms with Crippen molar-refractivity contribution in [3.05, 3.63) is 41.1 Å². The molecule has 1 rings (SSSR count). The Hall–Kier alpha value is -2.19. The first kappa shape index (κ1) is 15.9. The maximum absolute atomic E-state index is 11.8. The van der Waals surface area contributed by atoms with E-state index in [-0.39, 0.29) is 5.57 Å². The number of ether oxygens (including phenoxy) is 1. The van der Waals surface area contributed by atoms with Crippen molar-refractivity contribution in [1.82, 2.24) is 0 Å². The molecule has 5 nitrogen and oxygen atoms in total. The smallest absolute Gasteiger partial charge is 0.376 e. The van der Waals surface area contributed by atoms with Crippen molar-refractivity contribution >= 4 is 23.3 Å². The highest BCUT2D eigenvalue weighted by Gasteiger charge is 2.16. The van der Waals surface area contributed by atoms with Crippen LogP contribution in [0.15, 0.2) is 36.1 Å². The third-order valence-electron chi connectivity index (χ3n) is 2.30. The lowest BCUT2D eigenvalue weighted by Crippen LogP contribution is -2.27. The minimum absolute atomic E-state index is 0.195. The quantitative estimate of drug-likeness (QED) is 0.349. The lowest BCUT2D eigenvalue weighted by molar-refractivity contribution is -0.140. The monoisotopic (exact) mass is 294 g/mol. The normalized spacial score (nSPS) is 10.6. The Morgan fingerprint density at radius 1 is 1.40 bits per heavy atom. The van der Waals surface area contributed by atoms with Gasteiger partial charge in [-0.25, -0.2) is 9.86 Å². The van der Waals surface area contributed by atoms with Gasteiger partial charge < -0.3 is 9.57 Å². The van der Waals surface area contributed by atoms with Crippen molar-refractivity contribution in [1.29, 1.82) is 5.26 Å². The molecule has 0 bridgehead atoms. The first-order chi connectivity index (χ1) is 9.62. The maximum atomic E-state index is 11.8. The average Bonchev–Trinajstić information content (AvgIpc) is 2.46. The van der Waals surface area contributed by atoms with Gasteiger partial charge in [-0.3, -0.25) is 0 Å². The van der Waals surface area contributed by atoms with E-state index in [1.54, 1.807) is 37.3 Å². The fourth-order valence-electron chi connectivity index (χ4n) is 1.34. The van der Waals surface area contributed by atoms with Crippen LogP contribution in [0.1, 0.15) is 13.8 Å². The molecule has 0 unspecified atom stereocenters. The van der Waals surface area contributed by atoms with Gasteiger partial charge in [0.2, 0.25) is 0 Å². The van der Waals surface area contributed by atoms with E-state index in [0.29, 0.717) is 23.9 Å². The Balaban J connectivity index is 2.80. The summed E-state index contributed by atoms with van der Waals surface area (Å²) >= 11 is 5.80. The number of halogens is 1. The van der Waals surface area contributed by atoms with E-state index in [9.17, 15) is 4.79 Å². The number of hydrogen-bond acceptors (Lipinski definition) is 5. The zero-order valence-corrected chi connectivity index (χ0v) is 12.1. The second-order valence-corrected chi connectivity index (χ2v) is 4.08. The van der Waals surface area contributed by atoms with Crippen LogP contribution in [0, 0.1) is 11.3 Å². The SMILES string of the molecule is CCOC=C(C#N)C(=O)ON(CC)c1ccc(Cl)cc1. The van der Waals surface area contributed by atoms with E-state index in [2.05, 4.69) is 0 Å². The molecule has 0 atom stereocenters. The number of carbonyl (C=O) groups excluding carboxylic acids is 1. The first-order valence-corrected chi connectivity index (χ1v) is 6.47. The van der Waals surface area contributed by atoms with Crippen LogP contribution >= 0.6 is 11.6 Å². The van der Waals surface area contributed by atoms with Gasteiger partial charge in [0.05, 0.1) is 18.8 Å². The number of carbonyl (C=O) groups is 1. The second kappa shape index (κ2) is 8.08. The summed E-state index contributed by atoms with van der Waals surface area (Å²) < 4.78 is 4.92. The zero-order chi connectivity index (χ0) is 15.0. The highest BCUT2D eigenvalue weighted by atomic mass is 35.5. The van der Waals surface area contributed by atoms with E-state index in [0.717, 1.165) is 6.26 Å². The first-order valence-electron chi connectivity index (χ1n) is 6.09. The zero-order valence-electron chi connectivity index (χ0n) is 11.3. The van der Waals surface area contributed by atoms with Gasteiger partial charge in [0.25, 0.3) is 0 Å². The number of anilines is 1. The lowest BCUT2D eigenvalue weighted by Gasteiger charge is -2.21. The van der Waals surface area contributed by atoms with Gasteiger partial charge in [-0.05, 0) is 38.1 Å². The van der Waals surface area contributed by atoms with Gasteiger partial charge in [0.1, 0.15) is 12.3 Å². The van der Waals surface area contributed by atoms with Crippen LogP contribution in [0.3, 0.4) is 0 Å². The van der Waals surface area contributed by atoms with Crippen molar-refractivity contribution in [3.63, 3.8) is 0 Å². The predicted octanol–water partition coefficient (Wildman–Crippen LogP) is 3.07. The van der Waals surface area contributed by atoms with Crippen molar-refractivity contribution in [2.75, 3.05) is 18.2 Å². The number of hydrogen-bond donors (Lipinski definition) is 0. The molecular weight excluding hydrogens is 280 g/mol. The Morgan fingerprint density at radius 2 is 2.05 bits per heavy atom. The summed E-state index contributed by atoms with van der Waals surface area (Å²) in [7, 11) is 0. The Morgan fingerprint density at radius 3 is 2.55 bits per heavy atom. The standard InChI is InChI=1S/C14H15ClN2O3/c1-3-17(13-7-5-12(15)6-8-13)20-14(18)11(9-16)10-19-4-2/h5-8,10H,3-4H2,1-2H3. The summed E-state index contributed by atoms with van der Waals surface area (Å²) in [6, 6.07) is 8.56. The van der Waals surface area contributed by atoms with E-state index in [4.69, 9.17) is 26.4 Å². The van der Waals surface area contributed by atoms with Crippen LogP contribution in [-0.4, -0.2) is 19.1 Å². The molecule has 0 aromatic heterocycles. The molecule has 0 saturated carbocycles. The van der Waals surface area contributed by atoms with Gasteiger partial charge in [0.15, 0.2) is 5.57 Å². The number of nitriles is 1. The topological polar surface area (TPSA) is 62.6 Å². The Kier molecular flexibility index (Phi) is 6.41. The number of rotatable bonds is 6. The Labute approximate surface area is 122 Å². The van der Waals surface area contributed by atoms with Crippen LogP contribution in [0.5, 0.6) is 0 Å². The van der Waals surface area contributed by atoms with Crippen molar-refractivity contribution in [3.8, 4) is 6.07 Å². The second-order valence-electron chi connectivity index (χ2n) is 3.65. The molecule has 1 aromatic rings. The molecule has 0 fully saturated rings. The largest absolute Gasteiger partial charge is 0.500 e. The van der Waals surface area contributed by atoms with Gasteiger partial charge in [0, 0.05) is 5.02 Å². The van der Waals surface area contributed by atoms with E-state index < -0.39 is 5.97 Å². The Bertz CT molecular complexity index is 520. The average molecular weight is 295 g/mol. The summed E-state index contributed by atoms with van der Waals surface area (Å²) in [5, 5.41) is 10.8. The molecule has 6 heteroatoms. The molecular formula is C14H15ClN2O3. The molecule has 0 N–H and O–H groups in total. The van der Waals surface area contributed by atoms with Crippen LogP contribution in [0.2, 0.25) is 5.02 Å². The van der Waals surface area contributed by atoms with Crippen LogP contribution in [0.4, 0.5) is 5.69 Å². The summed E-state index contributed by atoms with van der Waals surface area (Å²) in [6.45, 7) is 4.37. The van der Waals surface area contributed by atoms with Crippen molar-refractivity contribution in [2.24, 2.45) is 0 Å². The third-order valence-corrected chi connectivity index (χ3v) is 2.56. The minimum atomic E-state index is -0.766. The molecule has 0 saturated heterocycles. The molecule has 0 heterocycles. The number of hydroxylamine groups is 1. The van der Waals surface area contributed by atoms with E-state index in [1.165, 1.54) is 5.06 Å². The molecule has 0 aliphatic heterocycles. The summed E-state index contributed by atoms with van der Waals surface area (Å²) in [5.74, 6) is -0.766. The van der Waals surface area contributed by atoms with Crippen LogP contribution in [0.25, 0.3) is 0 Å². The minimum Gasteiger partial charge on any atom is -0.500 e. The molecule has 0 aliphatic rings. The number of nitrogens with zero attached hydrogens (tertiary/aromatic N) is 2. The predicted molar refractivity (Wildman–Crippen MR) is 75.9 cm³/mol. The van der Waals surface area contributed by atoms with E-state index >= 15 is 0 Å². The molecule has 0 aliphatic carbocycles. The summed E-state index contributed by atoms with van der Waals surface area (Å²) in [6.07, 6.45) is 1.10. The fourth-order valence-corrected chi connectivity index (χ4v) is 1.47. The molecule has 0 radical (unpaired) electrons.